The lowest BCUT2D eigenvalue weighted by Gasteiger charge is -2.39. The van der Waals surface area contributed by atoms with Crippen LogP contribution in [-0.2, 0) is 17.8 Å². The molecule has 2 rings (SSSR count). The smallest absolute Gasteiger partial charge is 0.233 e. The van der Waals surface area contributed by atoms with Gasteiger partial charge in [0, 0.05) is 25.0 Å². The van der Waals surface area contributed by atoms with Crippen LogP contribution in [0.1, 0.15) is 59.2 Å². The lowest BCUT2D eigenvalue weighted by atomic mass is 9.98. The van der Waals surface area contributed by atoms with Gasteiger partial charge in [-0.3, -0.25) is 4.79 Å². The van der Waals surface area contributed by atoms with Gasteiger partial charge in [0.15, 0.2) is 5.16 Å². The Morgan fingerprint density at radius 1 is 1.23 bits per heavy atom. The van der Waals surface area contributed by atoms with E-state index in [0.717, 1.165) is 43.2 Å². The van der Waals surface area contributed by atoms with Crippen LogP contribution in [0.25, 0.3) is 0 Å². The fourth-order valence-corrected chi connectivity index (χ4v) is 4.16. The van der Waals surface area contributed by atoms with Crippen molar-refractivity contribution in [3.05, 3.63) is 5.82 Å². The van der Waals surface area contributed by atoms with Crippen molar-refractivity contribution in [2.75, 3.05) is 5.75 Å². The zero-order valence-corrected chi connectivity index (χ0v) is 15.0. The molecule has 2 atom stereocenters. The zero-order chi connectivity index (χ0) is 16.1. The average Bonchev–Trinajstić information content (AvgIpc) is 2.87. The van der Waals surface area contributed by atoms with Crippen molar-refractivity contribution >= 4 is 17.7 Å². The topological polar surface area (TPSA) is 51.0 Å². The molecule has 5 nitrogen and oxygen atoms in total. The Morgan fingerprint density at radius 3 is 2.50 bits per heavy atom. The predicted molar refractivity (Wildman–Crippen MR) is 90.0 cm³/mol. The second-order valence-corrected chi connectivity index (χ2v) is 7.05. The summed E-state index contributed by atoms with van der Waals surface area (Å²) in [5.74, 6) is 1.71. The van der Waals surface area contributed by atoms with E-state index in [1.54, 1.807) is 0 Å². The predicted octanol–water partition coefficient (Wildman–Crippen LogP) is 3.13. The molecule has 1 saturated heterocycles. The first kappa shape index (κ1) is 17.3. The number of nitrogens with zero attached hydrogens (tertiary/aromatic N) is 4. The van der Waals surface area contributed by atoms with Gasteiger partial charge in [0.05, 0.1) is 5.75 Å². The largest absolute Gasteiger partial charge is 0.337 e. The lowest BCUT2D eigenvalue weighted by Crippen LogP contribution is -2.48. The van der Waals surface area contributed by atoms with Crippen molar-refractivity contribution < 1.29 is 4.79 Å². The molecule has 0 radical (unpaired) electrons. The Kier molecular flexibility index (Phi) is 6.29. The first-order chi connectivity index (χ1) is 10.6. The van der Waals surface area contributed by atoms with E-state index < -0.39 is 0 Å². The van der Waals surface area contributed by atoms with Crippen molar-refractivity contribution in [1.82, 2.24) is 19.7 Å². The van der Waals surface area contributed by atoms with Gasteiger partial charge in [-0.25, -0.2) is 0 Å². The van der Waals surface area contributed by atoms with E-state index in [0.29, 0.717) is 17.8 Å². The minimum Gasteiger partial charge on any atom is -0.337 e. The number of amides is 1. The number of thioether (sulfide) groups is 1. The number of carbonyl (C=O) groups excluding carboxylic acids is 1. The second-order valence-electron chi connectivity index (χ2n) is 6.11. The van der Waals surface area contributed by atoms with Crippen LogP contribution in [0.2, 0.25) is 0 Å². The van der Waals surface area contributed by atoms with Crippen LogP contribution in [-0.4, -0.2) is 43.4 Å². The maximum atomic E-state index is 12.6. The molecular formula is C16H28N4OS. The highest BCUT2D eigenvalue weighted by Crippen LogP contribution is 2.25. The Morgan fingerprint density at radius 2 is 1.91 bits per heavy atom. The van der Waals surface area contributed by atoms with Crippen molar-refractivity contribution in [1.29, 1.82) is 0 Å². The van der Waals surface area contributed by atoms with E-state index in [1.807, 2.05) is 0 Å². The Bertz CT molecular complexity index is 492. The van der Waals surface area contributed by atoms with Gasteiger partial charge in [-0.05, 0) is 46.5 Å². The SMILES string of the molecule is CCCc1nnc(SCC(=O)N2[C@H](C)CCC[C@@H]2C)n1CC. The first-order valence-electron chi connectivity index (χ1n) is 8.44. The van der Waals surface area contributed by atoms with Gasteiger partial charge in [-0.2, -0.15) is 0 Å². The molecule has 1 amide bonds. The van der Waals surface area contributed by atoms with Gasteiger partial charge in [-0.15, -0.1) is 10.2 Å². The summed E-state index contributed by atoms with van der Waals surface area (Å²) in [4.78, 5) is 14.6. The van der Waals surface area contributed by atoms with Gasteiger partial charge in [0.2, 0.25) is 5.91 Å². The third-order valence-electron chi connectivity index (χ3n) is 4.39. The number of aromatic nitrogens is 3. The van der Waals surface area contributed by atoms with E-state index in [2.05, 4.69) is 47.4 Å². The van der Waals surface area contributed by atoms with Crippen LogP contribution in [0.4, 0.5) is 0 Å². The number of hydrogen-bond donors (Lipinski definition) is 0. The molecular weight excluding hydrogens is 296 g/mol. The summed E-state index contributed by atoms with van der Waals surface area (Å²) in [6.45, 7) is 9.42. The minimum absolute atomic E-state index is 0.229. The van der Waals surface area contributed by atoms with Gasteiger partial charge < -0.3 is 9.47 Å². The fraction of sp³-hybridized carbons (Fsp3) is 0.812. The van der Waals surface area contributed by atoms with E-state index in [9.17, 15) is 4.79 Å². The summed E-state index contributed by atoms with van der Waals surface area (Å²) < 4.78 is 2.13. The summed E-state index contributed by atoms with van der Waals surface area (Å²) in [5.41, 5.74) is 0. The molecule has 0 saturated carbocycles. The summed E-state index contributed by atoms with van der Waals surface area (Å²) in [5, 5.41) is 9.40. The second kappa shape index (κ2) is 7.99. The molecule has 2 heterocycles. The summed E-state index contributed by atoms with van der Waals surface area (Å²) in [7, 11) is 0. The van der Waals surface area contributed by atoms with Crippen LogP contribution in [0, 0.1) is 0 Å². The third kappa shape index (κ3) is 3.83. The van der Waals surface area contributed by atoms with Gasteiger partial charge in [-0.1, -0.05) is 18.7 Å². The van der Waals surface area contributed by atoms with Crippen LogP contribution in [0.5, 0.6) is 0 Å². The average molecular weight is 324 g/mol. The lowest BCUT2D eigenvalue weighted by molar-refractivity contribution is -0.134. The number of rotatable bonds is 6. The molecule has 1 fully saturated rings. The molecule has 6 heteroatoms. The molecule has 22 heavy (non-hydrogen) atoms. The van der Waals surface area contributed by atoms with E-state index in [-0.39, 0.29) is 5.91 Å². The van der Waals surface area contributed by atoms with Crippen molar-refractivity contribution in [3.63, 3.8) is 0 Å². The molecule has 0 aromatic carbocycles. The maximum absolute atomic E-state index is 12.6. The van der Waals surface area contributed by atoms with Gasteiger partial charge in [0.1, 0.15) is 5.82 Å². The highest BCUT2D eigenvalue weighted by Gasteiger charge is 2.29. The number of piperidine rings is 1. The number of carbonyl (C=O) groups is 1. The number of likely N-dealkylation sites (tertiary alicyclic amines) is 1. The van der Waals surface area contributed by atoms with E-state index in [1.165, 1.54) is 18.2 Å². The summed E-state index contributed by atoms with van der Waals surface area (Å²) in [6.07, 6.45) is 5.46. The normalized spacial score (nSPS) is 22.1. The highest BCUT2D eigenvalue weighted by atomic mass is 32.2. The van der Waals surface area contributed by atoms with Crippen molar-refractivity contribution in [3.8, 4) is 0 Å². The van der Waals surface area contributed by atoms with Gasteiger partial charge >= 0.3 is 0 Å². The molecule has 1 aliphatic heterocycles. The summed E-state index contributed by atoms with van der Waals surface area (Å²) in [6, 6.07) is 0.716. The molecule has 0 aliphatic carbocycles. The molecule has 124 valence electrons. The number of aryl methyl sites for hydroxylation is 1. The minimum atomic E-state index is 0.229. The molecule has 1 aromatic rings. The van der Waals surface area contributed by atoms with Crippen molar-refractivity contribution in [2.45, 2.75) is 83.6 Å². The molecule has 1 aliphatic rings. The molecule has 0 bridgehead atoms. The zero-order valence-electron chi connectivity index (χ0n) is 14.2. The standard InChI is InChI=1S/C16H28N4OS/c1-5-8-14-17-18-16(19(14)6-2)22-11-15(21)20-12(3)9-7-10-13(20)4/h12-13H,5-11H2,1-4H3/t12-,13+. The quantitative estimate of drug-likeness (QED) is 0.754. The van der Waals surface area contributed by atoms with Crippen LogP contribution >= 0.6 is 11.8 Å². The molecule has 0 unspecified atom stereocenters. The first-order valence-corrected chi connectivity index (χ1v) is 9.43. The summed E-state index contributed by atoms with van der Waals surface area (Å²) >= 11 is 1.52. The van der Waals surface area contributed by atoms with Crippen molar-refractivity contribution in [2.24, 2.45) is 0 Å². The van der Waals surface area contributed by atoms with Crippen LogP contribution in [0.3, 0.4) is 0 Å². The molecule has 1 aromatic heterocycles. The Hall–Kier alpha value is -1.04. The third-order valence-corrected chi connectivity index (χ3v) is 5.34. The monoisotopic (exact) mass is 324 g/mol. The molecule has 0 spiro atoms. The Labute approximate surface area is 137 Å². The molecule has 0 N–H and O–H groups in total. The highest BCUT2D eigenvalue weighted by molar-refractivity contribution is 7.99. The Balaban J connectivity index is 1.98. The van der Waals surface area contributed by atoms with E-state index in [4.69, 9.17) is 0 Å². The fourth-order valence-electron chi connectivity index (χ4n) is 3.27. The maximum Gasteiger partial charge on any atom is 0.233 e. The van der Waals surface area contributed by atoms with Crippen LogP contribution < -0.4 is 0 Å². The van der Waals surface area contributed by atoms with Crippen LogP contribution in [0.15, 0.2) is 5.16 Å². The van der Waals surface area contributed by atoms with E-state index >= 15 is 0 Å². The van der Waals surface area contributed by atoms with Gasteiger partial charge in [0.25, 0.3) is 0 Å². The number of hydrogen-bond acceptors (Lipinski definition) is 4.